The van der Waals surface area contributed by atoms with Gasteiger partial charge in [-0.25, -0.2) is 0 Å². The zero-order valence-corrected chi connectivity index (χ0v) is 18.0. The van der Waals surface area contributed by atoms with Crippen LogP contribution in [-0.2, 0) is 19.1 Å². The van der Waals surface area contributed by atoms with Gasteiger partial charge in [0, 0.05) is 10.0 Å². The van der Waals surface area contributed by atoms with Crippen LogP contribution in [0.15, 0.2) is 48.5 Å². The summed E-state index contributed by atoms with van der Waals surface area (Å²) in [6.45, 7) is 5.33. The van der Waals surface area contributed by atoms with Gasteiger partial charge in [-0.1, -0.05) is 47.5 Å². The van der Waals surface area contributed by atoms with Crippen molar-refractivity contribution in [3.8, 4) is 0 Å². The number of nitrogens with one attached hydrogen (secondary N) is 1. The second-order valence-corrected chi connectivity index (χ2v) is 8.80. The Morgan fingerprint density at radius 1 is 1.07 bits per heavy atom. The van der Waals surface area contributed by atoms with E-state index in [1.807, 2.05) is 24.3 Å². The van der Waals surface area contributed by atoms with E-state index in [9.17, 15) is 9.59 Å². The molecular formula is C22H23Cl2NO4. The SMILES string of the molecule is CC(C)(C)OC(=O)CC1O[C@@H](c2cccc(Cl)c2)[C@@H](c2ccc(Cl)cc2)NC1=O. The summed E-state index contributed by atoms with van der Waals surface area (Å²) >= 11 is 12.2. The van der Waals surface area contributed by atoms with E-state index in [4.69, 9.17) is 32.7 Å². The molecule has 3 atom stereocenters. The van der Waals surface area contributed by atoms with Crippen LogP contribution in [0.2, 0.25) is 10.0 Å². The van der Waals surface area contributed by atoms with Crippen molar-refractivity contribution in [1.82, 2.24) is 5.32 Å². The molecule has 1 aliphatic rings. The van der Waals surface area contributed by atoms with E-state index in [1.54, 1.807) is 45.0 Å². The van der Waals surface area contributed by atoms with Crippen LogP contribution in [0.5, 0.6) is 0 Å². The molecule has 1 fully saturated rings. The zero-order chi connectivity index (χ0) is 21.2. The number of ether oxygens (including phenoxy) is 2. The molecule has 0 radical (unpaired) electrons. The second kappa shape index (κ2) is 8.74. The summed E-state index contributed by atoms with van der Waals surface area (Å²) in [5.74, 6) is -0.860. The van der Waals surface area contributed by atoms with Gasteiger partial charge in [-0.15, -0.1) is 0 Å². The normalized spacial score (nSPS) is 22.1. The van der Waals surface area contributed by atoms with Crippen molar-refractivity contribution in [1.29, 1.82) is 0 Å². The topological polar surface area (TPSA) is 64.6 Å². The lowest BCUT2D eigenvalue weighted by atomic mass is 9.93. The fourth-order valence-corrected chi connectivity index (χ4v) is 3.52. The molecule has 1 aliphatic heterocycles. The Kier molecular flexibility index (Phi) is 6.52. The number of benzene rings is 2. The van der Waals surface area contributed by atoms with Gasteiger partial charge in [0.1, 0.15) is 17.8 Å². The third-order valence-electron chi connectivity index (χ3n) is 4.38. The first-order valence-electron chi connectivity index (χ1n) is 9.31. The second-order valence-electron chi connectivity index (χ2n) is 7.93. The van der Waals surface area contributed by atoms with Gasteiger partial charge >= 0.3 is 5.97 Å². The number of carbonyl (C=O) groups is 2. The minimum atomic E-state index is -0.961. The lowest BCUT2D eigenvalue weighted by molar-refractivity contribution is -0.168. The van der Waals surface area contributed by atoms with E-state index in [1.165, 1.54) is 0 Å². The van der Waals surface area contributed by atoms with Crippen molar-refractivity contribution in [3.63, 3.8) is 0 Å². The molecule has 5 nitrogen and oxygen atoms in total. The first-order chi connectivity index (χ1) is 13.6. The van der Waals surface area contributed by atoms with Crippen LogP contribution in [0.3, 0.4) is 0 Å². The molecule has 1 heterocycles. The van der Waals surface area contributed by atoms with Crippen LogP contribution in [0.4, 0.5) is 0 Å². The van der Waals surface area contributed by atoms with Gasteiger partial charge in [0.2, 0.25) is 5.91 Å². The first-order valence-corrected chi connectivity index (χ1v) is 10.1. The average Bonchev–Trinajstić information content (AvgIpc) is 2.62. The van der Waals surface area contributed by atoms with Crippen molar-refractivity contribution in [2.24, 2.45) is 0 Å². The number of morpholine rings is 1. The third-order valence-corrected chi connectivity index (χ3v) is 4.87. The number of amides is 1. The molecular weight excluding hydrogens is 413 g/mol. The number of esters is 1. The van der Waals surface area contributed by atoms with Crippen LogP contribution in [0, 0.1) is 0 Å². The molecule has 2 aromatic rings. The molecule has 154 valence electrons. The largest absolute Gasteiger partial charge is 0.460 e. The Balaban J connectivity index is 1.88. The molecule has 7 heteroatoms. The van der Waals surface area contributed by atoms with Crippen molar-refractivity contribution in [2.45, 2.75) is 51.0 Å². The molecule has 0 bridgehead atoms. The highest BCUT2D eigenvalue weighted by Gasteiger charge is 2.39. The highest BCUT2D eigenvalue weighted by Crippen LogP contribution is 2.38. The molecule has 2 aromatic carbocycles. The third kappa shape index (κ3) is 5.72. The van der Waals surface area contributed by atoms with Crippen LogP contribution < -0.4 is 5.32 Å². The van der Waals surface area contributed by atoms with Crippen LogP contribution in [0.25, 0.3) is 0 Å². The van der Waals surface area contributed by atoms with Gasteiger partial charge in [-0.2, -0.15) is 0 Å². The average molecular weight is 436 g/mol. The number of rotatable bonds is 4. The Bertz CT molecular complexity index is 892. The molecule has 1 amide bonds. The highest BCUT2D eigenvalue weighted by molar-refractivity contribution is 6.30. The molecule has 3 rings (SSSR count). The number of carbonyl (C=O) groups excluding carboxylic acids is 2. The van der Waals surface area contributed by atoms with Crippen molar-refractivity contribution in [3.05, 3.63) is 69.7 Å². The molecule has 0 spiro atoms. The maximum absolute atomic E-state index is 12.7. The fourth-order valence-electron chi connectivity index (χ4n) is 3.20. The van der Waals surface area contributed by atoms with Gasteiger partial charge in [0.15, 0.2) is 0 Å². The van der Waals surface area contributed by atoms with E-state index < -0.39 is 29.8 Å². The lowest BCUT2D eigenvalue weighted by Crippen LogP contribution is -2.49. The Labute approximate surface area is 180 Å². The first kappa shape index (κ1) is 21.6. The highest BCUT2D eigenvalue weighted by atomic mass is 35.5. The smallest absolute Gasteiger partial charge is 0.309 e. The number of hydrogen-bond acceptors (Lipinski definition) is 4. The zero-order valence-electron chi connectivity index (χ0n) is 16.4. The summed E-state index contributed by atoms with van der Waals surface area (Å²) < 4.78 is 11.5. The summed E-state index contributed by atoms with van der Waals surface area (Å²) in [5, 5.41) is 4.13. The minimum absolute atomic E-state index is 0.173. The van der Waals surface area contributed by atoms with E-state index in [0.29, 0.717) is 10.0 Å². The Hall–Kier alpha value is -2.08. The summed E-state index contributed by atoms with van der Waals surface area (Å²) in [4.78, 5) is 24.9. The van der Waals surface area contributed by atoms with E-state index in [2.05, 4.69) is 5.32 Å². The van der Waals surface area contributed by atoms with Gasteiger partial charge in [-0.05, 0) is 56.2 Å². The predicted molar refractivity (Wildman–Crippen MR) is 112 cm³/mol. The molecule has 29 heavy (non-hydrogen) atoms. The van der Waals surface area contributed by atoms with Crippen LogP contribution in [-0.4, -0.2) is 23.6 Å². The fraction of sp³-hybridized carbons (Fsp3) is 0.364. The summed E-state index contributed by atoms with van der Waals surface area (Å²) in [6.07, 6.45) is -1.66. The van der Waals surface area contributed by atoms with E-state index in [-0.39, 0.29) is 12.3 Å². The summed E-state index contributed by atoms with van der Waals surface area (Å²) in [5.41, 5.74) is 0.996. The summed E-state index contributed by atoms with van der Waals surface area (Å²) in [6, 6.07) is 14.0. The Morgan fingerprint density at radius 2 is 1.76 bits per heavy atom. The predicted octanol–water partition coefficient (Wildman–Crippen LogP) is 5.02. The number of halogens is 2. The van der Waals surface area contributed by atoms with Gasteiger partial charge < -0.3 is 14.8 Å². The Morgan fingerprint density at radius 3 is 2.38 bits per heavy atom. The lowest BCUT2D eigenvalue weighted by Gasteiger charge is -2.37. The van der Waals surface area contributed by atoms with Gasteiger partial charge in [0.25, 0.3) is 0 Å². The minimum Gasteiger partial charge on any atom is -0.460 e. The van der Waals surface area contributed by atoms with Gasteiger partial charge in [0.05, 0.1) is 12.5 Å². The monoisotopic (exact) mass is 435 g/mol. The molecule has 0 saturated carbocycles. The maximum Gasteiger partial charge on any atom is 0.309 e. The summed E-state index contributed by atoms with van der Waals surface area (Å²) in [7, 11) is 0. The van der Waals surface area contributed by atoms with Crippen LogP contribution in [0.1, 0.15) is 50.5 Å². The molecule has 0 aliphatic carbocycles. The van der Waals surface area contributed by atoms with Crippen LogP contribution >= 0.6 is 23.2 Å². The van der Waals surface area contributed by atoms with E-state index >= 15 is 0 Å². The van der Waals surface area contributed by atoms with Crippen molar-refractivity contribution >= 4 is 35.1 Å². The van der Waals surface area contributed by atoms with Crippen molar-refractivity contribution in [2.75, 3.05) is 0 Å². The molecule has 0 aromatic heterocycles. The standard InChI is InChI=1S/C22H23Cl2NO4/c1-22(2,3)29-18(26)12-17-21(27)25-19(13-7-9-15(23)10-8-13)20(28-17)14-5-4-6-16(24)11-14/h4-11,17,19-20H,12H2,1-3H3,(H,25,27)/t17?,19-,20+/m1/s1. The molecule has 1 unspecified atom stereocenters. The molecule has 1 saturated heterocycles. The maximum atomic E-state index is 12.7. The van der Waals surface area contributed by atoms with E-state index in [0.717, 1.165) is 11.1 Å². The number of hydrogen-bond donors (Lipinski definition) is 1. The molecule has 1 N–H and O–H groups in total. The van der Waals surface area contributed by atoms with Crippen molar-refractivity contribution < 1.29 is 19.1 Å². The van der Waals surface area contributed by atoms with Gasteiger partial charge in [-0.3, -0.25) is 9.59 Å². The quantitative estimate of drug-likeness (QED) is 0.684.